The van der Waals surface area contributed by atoms with Crippen molar-refractivity contribution < 1.29 is 0 Å². The Morgan fingerprint density at radius 3 is 2.24 bits per heavy atom. The van der Waals surface area contributed by atoms with Crippen molar-refractivity contribution in [3.8, 4) is 0 Å². The summed E-state index contributed by atoms with van der Waals surface area (Å²) < 4.78 is 0. The number of aryl methyl sites for hydroxylation is 1. The molecule has 0 saturated heterocycles. The summed E-state index contributed by atoms with van der Waals surface area (Å²) in [5, 5.41) is 8.06. The van der Waals surface area contributed by atoms with E-state index < -0.39 is 0 Å². The molecule has 0 spiro atoms. The van der Waals surface area contributed by atoms with Crippen molar-refractivity contribution in [1.29, 1.82) is 0 Å². The molecule has 0 aliphatic heterocycles. The monoisotopic (exact) mass is 422 g/mol. The molecule has 0 aromatic heterocycles. The van der Waals surface area contributed by atoms with Crippen molar-refractivity contribution in [3.05, 3.63) is 119 Å². The largest absolute Gasteiger partial charge is 0.0770 e. The number of rotatable bonds is 0. The zero-order chi connectivity index (χ0) is 21.9. The Balaban J connectivity index is 1.60. The number of fused-ring (bicyclic) bond motifs is 9. The fourth-order valence-electron chi connectivity index (χ4n) is 6.13. The Hall–Kier alpha value is -3.64. The van der Waals surface area contributed by atoms with Crippen LogP contribution < -0.4 is 0 Å². The molecule has 0 heteroatoms. The van der Waals surface area contributed by atoms with Crippen LogP contribution in [0.4, 0.5) is 0 Å². The maximum Gasteiger partial charge on any atom is -0.00389 e. The maximum absolute atomic E-state index is 2.50. The van der Waals surface area contributed by atoms with Crippen molar-refractivity contribution in [2.24, 2.45) is 5.92 Å². The first kappa shape index (κ1) is 18.9. The summed E-state index contributed by atoms with van der Waals surface area (Å²) in [7, 11) is 0. The van der Waals surface area contributed by atoms with Crippen molar-refractivity contribution >= 4 is 44.0 Å². The average molecular weight is 423 g/mol. The second-order valence-corrected chi connectivity index (χ2v) is 9.67. The Labute approximate surface area is 194 Å². The van der Waals surface area contributed by atoms with E-state index in [-0.39, 0.29) is 0 Å². The van der Waals surface area contributed by atoms with Gasteiger partial charge in [-0.15, -0.1) is 0 Å². The van der Waals surface area contributed by atoms with Crippen LogP contribution in [0.5, 0.6) is 0 Å². The molecule has 0 radical (unpaired) electrons. The smallest absolute Gasteiger partial charge is 0.00389 e. The molecule has 0 heterocycles. The van der Waals surface area contributed by atoms with Gasteiger partial charge in [-0.3, -0.25) is 0 Å². The summed E-state index contributed by atoms with van der Waals surface area (Å²) in [6.07, 6.45) is 8.33. The average Bonchev–Trinajstić information content (AvgIpc) is 3.13. The third kappa shape index (κ3) is 2.84. The quantitative estimate of drug-likeness (QED) is 0.218. The van der Waals surface area contributed by atoms with Crippen LogP contribution in [-0.2, 0) is 6.42 Å². The maximum atomic E-state index is 2.50. The molecule has 5 aromatic carbocycles. The topological polar surface area (TPSA) is 0 Å². The number of benzene rings is 5. The highest BCUT2D eigenvalue weighted by Crippen LogP contribution is 2.45. The van der Waals surface area contributed by atoms with Crippen molar-refractivity contribution in [1.82, 2.24) is 0 Å². The standard InChI is InChI=1S/C33H26/c1-21-13-17-29-27-10-4-2-8-23(27)16-18-30(29)33-26(21)12-6-9-24-19-25-15-14-22-7-3-5-11-28(22)31(25)20-32(24)33/h2-5,7-8,10-11,13-21H,6,9,12H2,1H3. The van der Waals surface area contributed by atoms with Crippen molar-refractivity contribution in [2.45, 2.75) is 26.2 Å². The Bertz CT molecular complexity index is 1640. The van der Waals surface area contributed by atoms with E-state index in [1.807, 2.05) is 0 Å². The fourth-order valence-corrected chi connectivity index (χ4v) is 6.13. The van der Waals surface area contributed by atoms with Crippen molar-refractivity contribution in [3.63, 3.8) is 0 Å². The van der Waals surface area contributed by atoms with Crippen LogP contribution in [0, 0.1) is 5.92 Å². The summed E-state index contributed by atoms with van der Waals surface area (Å²) in [4.78, 5) is 0. The van der Waals surface area contributed by atoms with E-state index in [2.05, 4.69) is 104 Å². The predicted octanol–water partition coefficient (Wildman–Crippen LogP) is 8.95. The van der Waals surface area contributed by atoms with E-state index in [1.165, 1.54) is 73.0 Å². The second-order valence-electron chi connectivity index (χ2n) is 9.67. The zero-order valence-electron chi connectivity index (χ0n) is 18.9. The van der Waals surface area contributed by atoms with Gasteiger partial charge in [0.15, 0.2) is 0 Å². The van der Waals surface area contributed by atoms with Gasteiger partial charge < -0.3 is 0 Å². The highest BCUT2D eigenvalue weighted by atomic mass is 14.3. The number of hydrogen-bond donors (Lipinski definition) is 0. The Morgan fingerprint density at radius 1 is 0.636 bits per heavy atom. The van der Waals surface area contributed by atoms with Gasteiger partial charge in [-0.25, -0.2) is 0 Å². The summed E-state index contributed by atoms with van der Waals surface area (Å²) >= 11 is 0. The molecule has 1 unspecified atom stereocenters. The molecular weight excluding hydrogens is 396 g/mol. The molecular formula is C33H26. The fraction of sp³-hybridized carbons (Fsp3) is 0.152. The number of hydrogen-bond acceptors (Lipinski definition) is 0. The summed E-state index contributed by atoms with van der Waals surface area (Å²) in [5.41, 5.74) is 8.78. The predicted molar refractivity (Wildman–Crippen MR) is 143 cm³/mol. The molecule has 2 aliphatic carbocycles. The molecule has 0 fully saturated rings. The third-order valence-corrected chi connectivity index (χ3v) is 7.79. The van der Waals surface area contributed by atoms with Gasteiger partial charge >= 0.3 is 0 Å². The highest BCUT2D eigenvalue weighted by Gasteiger charge is 2.26. The van der Waals surface area contributed by atoms with Gasteiger partial charge in [0, 0.05) is 0 Å². The van der Waals surface area contributed by atoms with Gasteiger partial charge in [0.2, 0.25) is 0 Å². The normalized spacial score (nSPS) is 17.5. The van der Waals surface area contributed by atoms with Crippen LogP contribution in [0.15, 0.2) is 96.6 Å². The van der Waals surface area contributed by atoms with Crippen LogP contribution in [0.1, 0.15) is 42.0 Å². The first-order valence-electron chi connectivity index (χ1n) is 12.2. The molecule has 0 saturated carbocycles. The summed E-state index contributed by atoms with van der Waals surface area (Å²) in [6, 6.07) is 31.8. The van der Waals surface area contributed by atoms with Gasteiger partial charge in [-0.1, -0.05) is 104 Å². The van der Waals surface area contributed by atoms with E-state index in [9.17, 15) is 0 Å². The highest BCUT2D eigenvalue weighted by molar-refractivity contribution is 6.10. The Kier molecular flexibility index (Phi) is 4.11. The third-order valence-electron chi connectivity index (χ3n) is 7.79. The minimum atomic E-state index is 0.445. The van der Waals surface area contributed by atoms with Crippen LogP contribution in [0.25, 0.3) is 44.0 Å². The minimum absolute atomic E-state index is 0.445. The second kappa shape index (κ2) is 7.18. The molecule has 0 bridgehead atoms. The van der Waals surface area contributed by atoms with E-state index >= 15 is 0 Å². The van der Waals surface area contributed by atoms with Gasteiger partial charge in [0.1, 0.15) is 0 Å². The lowest BCUT2D eigenvalue weighted by atomic mass is 9.84. The van der Waals surface area contributed by atoms with Gasteiger partial charge in [0.25, 0.3) is 0 Å². The van der Waals surface area contributed by atoms with E-state index in [0.29, 0.717) is 5.92 Å². The van der Waals surface area contributed by atoms with Crippen molar-refractivity contribution in [2.75, 3.05) is 0 Å². The lowest BCUT2D eigenvalue weighted by Crippen LogP contribution is -2.01. The molecule has 5 aromatic rings. The minimum Gasteiger partial charge on any atom is -0.0770 e. The van der Waals surface area contributed by atoms with E-state index in [1.54, 1.807) is 5.57 Å². The lowest BCUT2D eigenvalue weighted by Gasteiger charge is -2.20. The first-order valence-corrected chi connectivity index (χ1v) is 12.2. The Morgan fingerprint density at radius 2 is 1.36 bits per heavy atom. The molecule has 7 rings (SSSR count). The lowest BCUT2D eigenvalue weighted by molar-refractivity contribution is 0.740. The van der Waals surface area contributed by atoms with E-state index in [4.69, 9.17) is 0 Å². The van der Waals surface area contributed by atoms with Crippen LogP contribution in [-0.4, -0.2) is 0 Å². The van der Waals surface area contributed by atoms with E-state index in [0.717, 1.165) is 6.42 Å². The van der Waals surface area contributed by atoms with Gasteiger partial charge in [-0.05, 0) is 91.4 Å². The first-order chi connectivity index (χ1) is 16.3. The molecule has 2 aliphatic rings. The molecule has 1 atom stereocenters. The van der Waals surface area contributed by atoms with Crippen LogP contribution in [0.3, 0.4) is 0 Å². The van der Waals surface area contributed by atoms with Gasteiger partial charge in [0.05, 0.1) is 0 Å². The van der Waals surface area contributed by atoms with Crippen LogP contribution >= 0.6 is 0 Å². The van der Waals surface area contributed by atoms with Crippen LogP contribution in [0.2, 0.25) is 0 Å². The molecule has 33 heavy (non-hydrogen) atoms. The zero-order valence-corrected chi connectivity index (χ0v) is 18.9. The molecule has 0 N–H and O–H groups in total. The van der Waals surface area contributed by atoms with Gasteiger partial charge in [-0.2, -0.15) is 0 Å². The molecule has 0 nitrogen and oxygen atoms in total. The molecule has 158 valence electrons. The SMILES string of the molecule is CC1C=Cc2c(ccc3ccccc23)C2=C1CCCc1cc3ccc4ccccc4c3cc12. The summed E-state index contributed by atoms with van der Waals surface area (Å²) in [6.45, 7) is 2.38. The summed E-state index contributed by atoms with van der Waals surface area (Å²) in [5.74, 6) is 0.445. The molecule has 0 amide bonds. The number of allylic oxidation sites excluding steroid dienone is 2.